The first-order chi connectivity index (χ1) is 4.33. The summed E-state index contributed by atoms with van der Waals surface area (Å²) < 4.78 is 0.556. The lowest BCUT2D eigenvalue weighted by atomic mass is 10.5. The van der Waals surface area contributed by atoms with Crippen LogP contribution in [0.5, 0.6) is 0 Å². The standard InChI is InChI=1S/C5H11N4/c1-3-9(4-2)5-6-7-8-9/h5H,3-4H2,1-2H3/q+1. The minimum absolute atomic E-state index is 0.556. The van der Waals surface area contributed by atoms with E-state index in [0.29, 0.717) is 4.59 Å². The van der Waals surface area contributed by atoms with Crippen molar-refractivity contribution in [2.45, 2.75) is 13.8 Å². The molecule has 9 heavy (non-hydrogen) atoms. The molecule has 1 aliphatic heterocycles. The number of rotatable bonds is 2. The van der Waals surface area contributed by atoms with Gasteiger partial charge in [0.25, 0.3) is 0 Å². The minimum Gasteiger partial charge on any atom is -0.135 e. The summed E-state index contributed by atoms with van der Waals surface area (Å²) in [5, 5.41) is 11.2. The number of hydrogen-bond acceptors (Lipinski definition) is 3. The third-order valence-electron chi connectivity index (χ3n) is 1.63. The monoisotopic (exact) mass is 127 g/mol. The summed E-state index contributed by atoms with van der Waals surface area (Å²) in [4.78, 5) is 0. The molecule has 0 saturated carbocycles. The summed E-state index contributed by atoms with van der Waals surface area (Å²) in [6.07, 6.45) is 1.76. The Kier molecular flexibility index (Phi) is 1.57. The molecule has 0 aliphatic carbocycles. The van der Waals surface area contributed by atoms with Crippen molar-refractivity contribution in [2.24, 2.45) is 15.5 Å². The molecule has 4 heteroatoms. The van der Waals surface area contributed by atoms with Gasteiger partial charge >= 0.3 is 0 Å². The van der Waals surface area contributed by atoms with E-state index in [-0.39, 0.29) is 0 Å². The summed E-state index contributed by atoms with van der Waals surface area (Å²) in [5.74, 6) is 0. The van der Waals surface area contributed by atoms with E-state index >= 15 is 0 Å². The molecule has 0 saturated heterocycles. The first-order valence-electron chi connectivity index (χ1n) is 3.16. The first kappa shape index (κ1) is 6.35. The van der Waals surface area contributed by atoms with Gasteiger partial charge in [-0.2, -0.15) is 0 Å². The highest BCUT2D eigenvalue weighted by Gasteiger charge is 2.24. The van der Waals surface area contributed by atoms with Crippen LogP contribution in [0.2, 0.25) is 0 Å². The molecule has 0 aromatic rings. The lowest BCUT2D eigenvalue weighted by Crippen LogP contribution is -2.38. The highest BCUT2D eigenvalue weighted by atomic mass is 15.8. The smallest absolute Gasteiger partial charge is 0.135 e. The van der Waals surface area contributed by atoms with Crippen molar-refractivity contribution in [3.63, 3.8) is 0 Å². The average molecular weight is 127 g/mol. The van der Waals surface area contributed by atoms with Crippen molar-refractivity contribution in [3.05, 3.63) is 0 Å². The fraction of sp³-hybridized carbons (Fsp3) is 0.800. The lowest BCUT2D eigenvalue weighted by molar-refractivity contribution is -0.839. The van der Waals surface area contributed by atoms with Crippen molar-refractivity contribution in [1.82, 2.24) is 0 Å². The maximum Gasteiger partial charge on any atom is 0.239 e. The second-order valence-electron chi connectivity index (χ2n) is 2.03. The Balaban J connectivity index is 2.69. The second kappa shape index (κ2) is 2.23. The van der Waals surface area contributed by atoms with Crippen molar-refractivity contribution in [3.8, 4) is 0 Å². The van der Waals surface area contributed by atoms with Crippen molar-refractivity contribution >= 4 is 6.34 Å². The number of quaternary nitrogens is 1. The van der Waals surface area contributed by atoms with E-state index in [2.05, 4.69) is 29.4 Å². The summed E-state index contributed by atoms with van der Waals surface area (Å²) in [7, 11) is 0. The van der Waals surface area contributed by atoms with Crippen LogP contribution in [0.3, 0.4) is 0 Å². The molecule has 1 heterocycles. The SMILES string of the molecule is CC[N+]1(CC)C=NN=N1. The molecule has 1 aliphatic rings. The third kappa shape index (κ3) is 0.977. The van der Waals surface area contributed by atoms with Gasteiger partial charge in [0.15, 0.2) is 0 Å². The zero-order valence-corrected chi connectivity index (χ0v) is 5.78. The van der Waals surface area contributed by atoms with Gasteiger partial charge in [-0.3, -0.25) is 0 Å². The van der Waals surface area contributed by atoms with Gasteiger partial charge < -0.3 is 0 Å². The van der Waals surface area contributed by atoms with Gasteiger partial charge in [-0.15, -0.1) is 4.59 Å². The first-order valence-corrected chi connectivity index (χ1v) is 3.16. The second-order valence-corrected chi connectivity index (χ2v) is 2.03. The van der Waals surface area contributed by atoms with Gasteiger partial charge in [0.2, 0.25) is 6.34 Å². The van der Waals surface area contributed by atoms with Crippen LogP contribution in [-0.2, 0) is 0 Å². The van der Waals surface area contributed by atoms with Crippen molar-refractivity contribution < 1.29 is 4.59 Å². The van der Waals surface area contributed by atoms with Crippen LogP contribution in [0.15, 0.2) is 15.5 Å². The maximum absolute atomic E-state index is 3.94. The Morgan fingerprint density at radius 3 is 2.22 bits per heavy atom. The summed E-state index contributed by atoms with van der Waals surface area (Å²) in [6.45, 7) is 6.01. The van der Waals surface area contributed by atoms with Gasteiger partial charge in [-0.05, 0) is 13.8 Å². The van der Waals surface area contributed by atoms with E-state index in [1.807, 2.05) is 0 Å². The molecule has 0 unspecified atom stereocenters. The maximum atomic E-state index is 3.94. The minimum atomic E-state index is 0.556. The predicted octanol–water partition coefficient (Wildman–Crippen LogP) is 1.17. The number of hydrogen-bond donors (Lipinski definition) is 0. The highest BCUT2D eigenvalue weighted by Crippen LogP contribution is 2.09. The fourth-order valence-corrected chi connectivity index (χ4v) is 0.758. The van der Waals surface area contributed by atoms with E-state index in [1.54, 1.807) is 6.34 Å². The summed E-state index contributed by atoms with van der Waals surface area (Å²) in [6, 6.07) is 0. The number of nitrogens with zero attached hydrogens (tertiary/aromatic N) is 4. The summed E-state index contributed by atoms with van der Waals surface area (Å²) >= 11 is 0. The molecule has 1 rings (SSSR count). The molecular formula is C5H11N4+. The molecule has 50 valence electrons. The van der Waals surface area contributed by atoms with Crippen molar-refractivity contribution in [2.75, 3.05) is 13.1 Å². The topological polar surface area (TPSA) is 37.1 Å². The normalized spacial score (nSPS) is 21.1. The van der Waals surface area contributed by atoms with Crippen LogP contribution in [0.25, 0.3) is 0 Å². The molecule has 0 N–H and O–H groups in total. The van der Waals surface area contributed by atoms with Gasteiger partial charge in [-0.25, -0.2) is 0 Å². The van der Waals surface area contributed by atoms with E-state index in [0.717, 1.165) is 13.1 Å². The summed E-state index contributed by atoms with van der Waals surface area (Å²) in [5.41, 5.74) is 0. The average Bonchev–Trinajstić information content (AvgIpc) is 2.36. The van der Waals surface area contributed by atoms with Crippen LogP contribution < -0.4 is 0 Å². The van der Waals surface area contributed by atoms with Gasteiger partial charge in [-0.1, -0.05) is 5.10 Å². The molecule has 0 spiro atoms. The zero-order chi connectivity index (χ0) is 6.74. The van der Waals surface area contributed by atoms with Gasteiger partial charge in [0.1, 0.15) is 13.1 Å². The van der Waals surface area contributed by atoms with E-state index in [4.69, 9.17) is 0 Å². The molecule has 0 amide bonds. The van der Waals surface area contributed by atoms with E-state index in [9.17, 15) is 0 Å². The van der Waals surface area contributed by atoms with E-state index < -0.39 is 0 Å². The van der Waals surface area contributed by atoms with Crippen molar-refractivity contribution in [1.29, 1.82) is 0 Å². The third-order valence-corrected chi connectivity index (χ3v) is 1.63. The van der Waals surface area contributed by atoms with Crippen LogP contribution in [0.4, 0.5) is 0 Å². The Morgan fingerprint density at radius 1 is 1.33 bits per heavy atom. The van der Waals surface area contributed by atoms with Crippen LogP contribution in [-0.4, -0.2) is 24.0 Å². The molecule has 0 aromatic heterocycles. The Hall–Kier alpha value is -0.770. The Bertz CT molecular complexity index is 131. The van der Waals surface area contributed by atoms with Gasteiger partial charge in [0.05, 0.1) is 5.22 Å². The fourth-order valence-electron chi connectivity index (χ4n) is 0.758. The van der Waals surface area contributed by atoms with Crippen LogP contribution >= 0.6 is 0 Å². The largest absolute Gasteiger partial charge is 0.239 e. The predicted molar refractivity (Wildman–Crippen MR) is 34.7 cm³/mol. The zero-order valence-electron chi connectivity index (χ0n) is 5.78. The Morgan fingerprint density at radius 2 is 2.00 bits per heavy atom. The molecule has 0 radical (unpaired) electrons. The highest BCUT2D eigenvalue weighted by molar-refractivity contribution is 5.46. The quantitative estimate of drug-likeness (QED) is 0.499. The molecule has 0 atom stereocenters. The van der Waals surface area contributed by atoms with Crippen LogP contribution in [0.1, 0.15) is 13.8 Å². The molecule has 0 fully saturated rings. The van der Waals surface area contributed by atoms with Gasteiger partial charge in [0, 0.05) is 5.22 Å². The van der Waals surface area contributed by atoms with Crippen LogP contribution in [0, 0.1) is 0 Å². The molecule has 0 aromatic carbocycles. The van der Waals surface area contributed by atoms with E-state index in [1.165, 1.54) is 0 Å². The molecular weight excluding hydrogens is 116 g/mol. The Labute approximate surface area is 54.4 Å². The lowest BCUT2D eigenvalue weighted by Gasteiger charge is -2.17. The molecule has 0 bridgehead atoms. The molecule has 4 nitrogen and oxygen atoms in total.